The lowest BCUT2D eigenvalue weighted by molar-refractivity contribution is -0.142. The van der Waals surface area contributed by atoms with Gasteiger partial charge in [-0.05, 0) is 84.7 Å². The molecule has 2 saturated carbocycles. The number of aliphatic hydroxyl groups excluding tert-OH is 1. The van der Waals surface area contributed by atoms with Gasteiger partial charge in [-0.1, -0.05) is 26.8 Å². The van der Waals surface area contributed by atoms with Crippen LogP contribution in [0.3, 0.4) is 0 Å². The molecule has 2 fully saturated rings. The van der Waals surface area contributed by atoms with E-state index in [2.05, 4.69) is 29.5 Å². The number of aromatic nitrogens is 1. The predicted octanol–water partition coefficient (Wildman–Crippen LogP) is 3.96. The van der Waals surface area contributed by atoms with Crippen LogP contribution in [0.4, 0.5) is 0 Å². The number of fused-ring (bicyclic) bond motifs is 1. The second-order valence-corrected chi connectivity index (χ2v) is 10.9. The van der Waals surface area contributed by atoms with E-state index in [1.54, 1.807) is 43.8 Å². The number of amides is 2. The average Bonchev–Trinajstić information content (AvgIpc) is 2.89. The van der Waals surface area contributed by atoms with Crippen LogP contribution in [0.25, 0.3) is 0 Å². The summed E-state index contributed by atoms with van der Waals surface area (Å²) in [7, 11) is 1.60. The van der Waals surface area contributed by atoms with Gasteiger partial charge in [0.05, 0.1) is 13.2 Å². The van der Waals surface area contributed by atoms with Gasteiger partial charge in [0.1, 0.15) is 5.75 Å². The van der Waals surface area contributed by atoms with Crippen molar-refractivity contribution in [2.24, 2.45) is 29.1 Å². The number of carbonyl (C=O) groups is 2. The van der Waals surface area contributed by atoms with Crippen LogP contribution in [0.2, 0.25) is 0 Å². The molecule has 36 heavy (non-hydrogen) atoms. The summed E-state index contributed by atoms with van der Waals surface area (Å²) < 4.78 is 5.19. The van der Waals surface area contributed by atoms with Gasteiger partial charge >= 0.3 is 0 Å². The number of methoxy groups -OCH3 is 1. The smallest absolute Gasteiger partial charge is 0.251 e. The van der Waals surface area contributed by atoms with E-state index in [4.69, 9.17) is 4.74 Å². The third-order valence-corrected chi connectivity index (χ3v) is 8.80. The topological polar surface area (TPSA) is 101 Å². The second-order valence-electron chi connectivity index (χ2n) is 10.9. The first-order valence-electron chi connectivity index (χ1n) is 13.0. The van der Waals surface area contributed by atoms with Crippen molar-refractivity contribution in [2.75, 3.05) is 7.11 Å². The molecule has 2 aliphatic rings. The Balaban J connectivity index is 1.41. The van der Waals surface area contributed by atoms with E-state index in [0.29, 0.717) is 17.9 Å². The summed E-state index contributed by atoms with van der Waals surface area (Å²) in [6.45, 7) is 6.75. The van der Waals surface area contributed by atoms with E-state index in [0.717, 1.165) is 31.2 Å². The number of nitrogens with zero attached hydrogens (tertiary/aromatic N) is 1. The van der Waals surface area contributed by atoms with Crippen molar-refractivity contribution < 1.29 is 19.4 Å². The molecule has 2 amide bonds. The molecule has 4 rings (SSSR count). The number of aliphatic hydroxyl groups is 1. The first-order valence-corrected chi connectivity index (χ1v) is 13.0. The highest BCUT2D eigenvalue weighted by molar-refractivity contribution is 5.94. The minimum Gasteiger partial charge on any atom is -0.497 e. The number of carbonyl (C=O) groups excluding carboxylic acids is 2. The minimum atomic E-state index is -0.599. The summed E-state index contributed by atoms with van der Waals surface area (Å²) in [5.41, 5.74) is 1.55. The van der Waals surface area contributed by atoms with E-state index in [1.807, 2.05) is 19.1 Å². The molecule has 2 aromatic rings. The Morgan fingerprint density at radius 3 is 2.58 bits per heavy atom. The van der Waals surface area contributed by atoms with Gasteiger partial charge in [-0.3, -0.25) is 14.6 Å². The highest BCUT2D eigenvalue weighted by atomic mass is 16.5. The van der Waals surface area contributed by atoms with Crippen LogP contribution in [0.5, 0.6) is 5.75 Å². The number of hydrogen-bond donors (Lipinski definition) is 3. The highest BCUT2D eigenvalue weighted by Crippen LogP contribution is 2.55. The lowest BCUT2D eigenvalue weighted by Gasteiger charge is -2.56. The summed E-state index contributed by atoms with van der Waals surface area (Å²) in [5.74, 6) is 0.248. The zero-order valence-electron chi connectivity index (χ0n) is 21.7. The van der Waals surface area contributed by atoms with Gasteiger partial charge in [-0.15, -0.1) is 0 Å². The maximum Gasteiger partial charge on any atom is 0.251 e. The molecule has 2 aliphatic carbocycles. The summed E-state index contributed by atoms with van der Waals surface area (Å²) in [4.78, 5) is 30.0. The molecule has 194 valence electrons. The predicted molar refractivity (Wildman–Crippen MR) is 138 cm³/mol. The summed E-state index contributed by atoms with van der Waals surface area (Å²) in [6, 6.07) is 10.9. The Morgan fingerprint density at radius 1 is 1.19 bits per heavy atom. The normalized spacial score (nSPS) is 30.5. The Hall–Kier alpha value is -2.93. The molecule has 7 atom stereocenters. The van der Waals surface area contributed by atoms with E-state index in [9.17, 15) is 14.7 Å². The lowest BCUT2D eigenvalue weighted by atomic mass is 9.51. The van der Waals surface area contributed by atoms with Crippen LogP contribution in [-0.2, 0) is 11.3 Å². The number of rotatable bonds is 7. The largest absolute Gasteiger partial charge is 0.497 e. The SMILES string of the molecule is COc1ccc(C(=O)NC2CCC3(C)CCC(C(C)C(=O)NCc4cccnc4)C(O)C3C2C)cc1. The molecule has 0 saturated heterocycles. The average molecular weight is 494 g/mol. The number of pyridine rings is 1. The second kappa shape index (κ2) is 11.0. The van der Waals surface area contributed by atoms with E-state index < -0.39 is 6.10 Å². The molecular formula is C29H39N3O4. The van der Waals surface area contributed by atoms with Crippen molar-refractivity contribution in [2.45, 2.75) is 65.1 Å². The van der Waals surface area contributed by atoms with Crippen molar-refractivity contribution >= 4 is 11.8 Å². The van der Waals surface area contributed by atoms with Gasteiger partial charge in [0.25, 0.3) is 5.91 Å². The van der Waals surface area contributed by atoms with E-state index in [1.165, 1.54) is 0 Å². The zero-order valence-corrected chi connectivity index (χ0v) is 21.7. The highest BCUT2D eigenvalue weighted by Gasteiger charge is 2.53. The molecule has 1 aromatic heterocycles. The standard InChI is InChI=1S/C29H39N3O4/c1-18(27(34)31-17-20-6-5-15-30-16-20)23-11-13-29(3)14-12-24(19(2)25(29)26(23)33)32-28(35)21-7-9-22(36-4)10-8-21/h5-10,15-16,18-19,23-26,33H,11-14,17H2,1-4H3,(H,31,34)(H,32,35). The first kappa shape index (κ1) is 26.1. The summed E-state index contributed by atoms with van der Waals surface area (Å²) >= 11 is 0. The van der Waals surface area contributed by atoms with Gasteiger partial charge in [-0.2, -0.15) is 0 Å². The van der Waals surface area contributed by atoms with Gasteiger partial charge in [0, 0.05) is 36.5 Å². The zero-order chi connectivity index (χ0) is 25.9. The molecular weight excluding hydrogens is 454 g/mol. The molecule has 0 radical (unpaired) electrons. The van der Waals surface area contributed by atoms with Crippen LogP contribution >= 0.6 is 0 Å². The Kier molecular flexibility index (Phi) is 7.98. The number of nitrogens with one attached hydrogen (secondary N) is 2. The third kappa shape index (κ3) is 5.41. The van der Waals surface area contributed by atoms with Gasteiger partial charge in [0.2, 0.25) is 5.91 Å². The van der Waals surface area contributed by atoms with Crippen molar-refractivity contribution in [3.05, 3.63) is 59.9 Å². The minimum absolute atomic E-state index is 0.00256. The maximum absolute atomic E-state index is 13.0. The van der Waals surface area contributed by atoms with Gasteiger partial charge in [0.15, 0.2) is 0 Å². The number of hydrogen-bond acceptors (Lipinski definition) is 5. The summed E-state index contributed by atoms with van der Waals surface area (Å²) in [5, 5.41) is 17.9. The van der Waals surface area contributed by atoms with Gasteiger partial charge in [-0.25, -0.2) is 0 Å². The van der Waals surface area contributed by atoms with Crippen molar-refractivity contribution in [1.29, 1.82) is 0 Å². The molecule has 7 heteroatoms. The molecule has 0 bridgehead atoms. The fraction of sp³-hybridized carbons (Fsp3) is 0.552. The molecule has 0 aliphatic heterocycles. The Labute approximate surface area is 214 Å². The molecule has 7 nitrogen and oxygen atoms in total. The van der Waals surface area contributed by atoms with Crippen molar-refractivity contribution in [1.82, 2.24) is 15.6 Å². The maximum atomic E-state index is 13.0. The van der Waals surface area contributed by atoms with Crippen LogP contribution in [0.15, 0.2) is 48.8 Å². The molecule has 0 spiro atoms. The number of ether oxygens (including phenoxy) is 1. The molecule has 1 aromatic carbocycles. The quantitative estimate of drug-likeness (QED) is 0.542. The summed E-state index contributed by atoms with van der Waals surface area (Å²) in [6.07, 6.45) is 6.49. The molecule has 7 unspecified atom stereocenters. The Morgan fingerprint density at radius 2 is 1.92 bits per heavy atom. The van der Waals surface area contributed by atoms with E-state index in [-0.39, 0.29) is 46.9 Å². The van der Waals surface area contributed by atoms with Crippen LogP contribution in [0.1, 0.15) is 62.4 Å². The van der Waals surface area contributed by atoms with Crippen molar-refractivity contribution in [3.8, 4) is 5.75 Å². The molecule has 3 N–H and O–H groups in total. The third-order valence-electron chi connectivity index (χ3n) is 8.80. The van der Waals surface area contributed by atoms with Gasteiger partial charge < -0.3 is 20.5 Å². The van der Waals surface area contributed by atoms with Crippen LogP contribution in [-0.4, -0.2) is 41.2 Å². The van der Waals surface area contributed by atoms with E-state index >= 15 is 0 Å². The first-order chi connectivity index (χ1) is 17.2. The molecule has 1 heterocycles. The fourth-order valence-electron chi connectivity index (χ4n) is 6.54. The monoisotopic (exact) mass is 493 g/mol. The van der Waals surface area contributed by atoms with Crippen LogP contribution in [0, 0.1) is 29.1 Å². The Bertz CT molecular complexity index is 1040. The lowest BCUT2D eigenvalue weighted by Crippen LogP contribution is -2.58. The van der Waals surface area contributed by atoms with Crippen molar-refractivity contribution in [3.63, 3.8) is 0 Å². The number of benzene rings is 1. The fourth-order valence-corrected chi connectivity index (χ4v) is 6.54. The van der Waals surface area contributed by atoms with Crippen LogP contribution < -0.4 is 15.4 Å².